The number of nitrogens with one attached hydrogen (secondary N) is 1. The summed E-state index contributed by atoms with van der Waals surface area (Å²) in [5.74, 6) is 0.807. The van der Waals surface area contributed by atoms with Gasteiger partial charge in [-0.25, -0.2) is 0 Å². The van der Waals surface area contributed by atoms with Crippen LogP contribution in [0.4, 0.5) is 5.69 Å². The van der Waals surface area contributed by atoms with Crippen molar-refractivity contribution in [2.45, 2.75) is 6.92 Å². The van der Waals surface area contributed by atoms with Gasteiger partial charge in [0.05, 0.1) is 0 Å². The molecule has 0 unspecified atom stereocenters. The number of rotatable bonds is 4. The van der Waals surface area contributed by atoms with Gasteiger partial charge < -0.3 is 9.84 Å². The highest BCUT2D eigenvalue weighted by Crippen LogP contribution is 2.37. The van der Waals surface area contributed by atoms with Crippen LogP contribution in [-0.2, 0) is 0 Å². The van der Waals surface area contributed by atoms with Gasteiger partial charge in [-0.3, -0.25) is 0 Å². The lowest BCUT2D eigenvalue weighted by Gasteiger charge is -2.04. The van der Waals surface area contributed by atoms with Gasteiger partial charge in [0.15, 0.2) is 5.76 Å². The van der Waals surface area contributed by atoms with E-state index in [-0.39, 0.29) is 0 Å². The molecule has 0 aliphatic rings. The molecule has 0 saturated carbocycles. The van der Waals surface area contributed by atoms with Crippen molar-refractivity contribution in [3.8, 4) is 22.6 Å². The van der Waals surface area contributed by atoms with Gasteiger partial charge in [0.25, 0.3) is 0 Å². The molecule has 1 N–H and O–H groups in total. The Labute approximate surface area is 115 Å². The van der Waals surface area contributed by atoms with Gasteiger partial charge in [-0.1, -0.05) is 35.5 Å². The summed E-state index contributed by atoms with van der Waals surface area (Å²) >= 11 is 1.65. The molecular weight excluding hydrogens is 256 g/mol. The fourth-order valence-corrected chi connectivity index (χ4v) is 2.65. The average Bonchev–Trinajstić information content (AvgIpc) is 3.09. The first-order valence-corrected chi connectivity index (χ1v) is 7.16. The Bertz CT molecular complexity index is 644. The summed E-state index contributed by atoms with van der Waals surface area (Å²) in [6.45, 7) is 2.90. The Morgan fingerprint density at radius 1 is 1.16 bits per heavy atom. The molecule has 96 valence electrons. The number of hydrogen-bond donors (Lipinski definition) is 1. The van der Waals surface area contributed by atoms with Crippen LogP contribution in [0.15, 0.2) is 51.7 Å². The fourth-order valence-electron chi connectivity index (χ4n) is 2.01. The number of benzene rings is 1. The lowest BCUT2D eigenvalue weighted by atomic mass is 10.1. The van der Waals surface area contributed by atoms with Crippen LogP contribution in [-0.4, -0.2) is 11.7 Å². The van der Waals surface area contributed by atoms with Crippen molar-refractivity contribution in [2.24, 2.45) is 0 Å². The molecule has 2 aromatic heterocycles. The first-order valence-electron chi connectivity index (χ1n) is 6.21. The Hall–Kier alpha value is -2.07. The minimum absolute atomic E-state index is 0.807. The second-order valence-electron chi connectivity index (χ2n) is 4.14. The third-order valence-corrected chi connectivity index (χ3v) is 3.56. The zero-order valence-electron chi connectivity index (χ0n) is 10.6. The fraction of sp³-hybridized carbons (Fsp3) is 0.133. The molecule has 4 heteroatoms. The summed E-state index contributed by atoms with van der Waals surface area (Å²) in [7, 11) is 0. The molecule has 0 bridgehead atoms. The standard InChI is InChI=1S/C15H14N2OS/c1-2-16-14-13(11-6-4-3-5-7-11)17-18-15(14)12-8-9-19-10-12/h3-10,16H,2H2,1H3. The van der Waals surface area contributed by atoms with Crippen molar-refractivity contribution >= 4 is 17.0 Å². The van der Waals surface area contributed by atoms with E-state index in [1.54, 1.807) is 11.3 Å². The molecular formula is C15H14N2OS. The molecule has 1 aromatic carbocycles. The molecule has 0 fully saturated rings. The predicted molar refractivity (Wildman–Crippen MR) is 79.4 cm³/mol. The minimum atomic E-state index is 0.807. The van der Waals surface area contributed by atoms with E-state index in [0.717, 1.165) is 34.8 Å². The maximum absolute atomic E-state index is 5.54. The molecule has 19 heavy (non-hydrogen) atoms. The number of thiophene rings is 1. The Morgan fingerprint density at radius 2 is 2.00 bits per heavy atom. The number of aromatic nitrogens is 1. The third-order valence-electron chi connectivity index (χ3n) is 2.88. The number of hydrogen-bond acceptors (Lipinski definition) is 4. The smallest absolute Gasteiger partial charge is 0.191 e. The average molecular weight is 270 g/mol. The molecule has 2 heterocycles. The predicted octanol–water partition coefficient (Wildman–Crippen LogP) is 4.50. The van der Waals surface area contributed by atoms with Crippen molar-refractivity contribution in [3.05, 3.63) is 47.2 Å². The van der Waals surface area contributed by atoms with Crippen LogP contribution < -0.4 is 5.32 Å². The van der Waals surface area contributed by atoms with E-state index in [1.807, 2.05) is 41.8 Å². The summed E-state index contributed by atoms with van der Waals surface area (Å²) in [5.41, 5.74) is 3.95. The Balaban J connectivity index is 2.11. The van der Waals surface area contributed by atoms with Crippen molar-refractivity contribution in [3.63, 3.8) is 0 Å². The molecule has 3 aromatic rings. The molecule has 0 aliphatic heterocycles. The molecule has 3 nitrogen and oxygen atoms in total. The van der Waals surface area contributed by atoms with Gasteiger partial charge in [0, 0.05) is 23.1 Å². The van der Waals surface area contributed by atoms with Crippen molar-refractivity contribution < 1.29 is 4.52 Å². The lowest BCUT2D eigenvalue weighted by molar-refractivity contribution is 0.435. The van der Waals surface area contributed by atoms with Gasteiger partial charge in [-0.05, 0) is 18.4 Å². The van der Waals surface area contributed by atoms with E-state index in [0.29, 0.717) is 0 Å². The topological polar surface area (TPSA) is 38.1 Å². The van der Waals surface area contributed by atoms with Crippen LogP contribution in [0.1, 0.15) is 6.92 Å². The van der Waals surface area contributed by atoms with E-state index in [4.69, 9.17) is 4.52 Å². The van der Waals surface area contributed by atoms with Crippen LogP contribution in [0.25, 0.3) is 22.6 Å². The van der Waals surface area contributed by atoms with Gasteiger partial charge in [-0.15, -0.1) is 0 Å². The third kappa shape index (κ3) is 2.27. The highest BCUT2D eigenvalue weighted by atomic mass is 32.1. The molecule has 0 aliphatic carbocycles. The Kier molecular flexibility index (Phi) is 3.33. The molecule has 0 spiro atoms. The summed E-state index contributed by atoms with van der Waals surface area (Å²) < 4.78 is 5.54. The van der Waals surface area contributed by atoms with Crippen LogP contribution in [0, 0.1) is 0 Å². The van der Waals surface area contributed by atoms with Crippen LogP contribution >= 0.6 is 11.3 Å². The second-order valence-corrected chi connectivity index (χ2v) is 4.92. The molecule has 0 saturated heterocycles. The van der Waals surface area contributed by atoms with E-state index >= 15 is 0 Å². The summed E-state index contributed by atoms with van der Waals surface area (Å²) in [4.78, 5) is 0. The van der Waals surface area contributed by atoms with Crippen LogP contribution in [0.5, 0.6) is 0 Å². The van der Waals surface area contributed by atoms with E-state index in [9.17, 15) is 0 Å². The monoisotopic (exact) mass is 270 g/mol. The Morgan fingerprint density at radius 3 is 2.68 bits per heavy atom. The molecule has 0 amide bonds. The first kappa shape index (κ1) is 12.0. The number of anilines is 1. The van der Waals surface area contributed by atoms with Crippen LogP contribution in [0.3, 0.4) is 0 Å². The van der Waals surface area contributed by atoms with E-state index in [1.165, 1.54) is 0 Å². The normalized spacial score (nSPS) is 10.6. The maximum atomic E-state index is 5.54. The van der Waals surface area contributed by atoms with Gasteiger partial charge in [-0.2, -0.15) is 11.3 Å². The largest absolute Gasteiger partial charge is 0.380 e. The molecule has 3 rings (SSSR count). The van der Waals surface area contributed by atoms with Crippen molar-refractivity contribution in [1.82, 2.24) is 5.16 Å². The highest BCUT2D eigenvalue weighted by molar-refractivity contribution is 7.08. The van der Waals surface area contributed by atoms with Gasteiger partial charge in [0.1, 0.15) is 11.4 Å². The zero-order valence-corrected chi connectivity index (χ0v) is 11.4. The first-order chi connectivity index (χ1) is 9.40. The van der Waals surface area contributed by atoms with Crippen molar-refractivity contribution in [1.29, 1.82) is 0 Å². The second kappa shape index (κ2) is 5.28. The van der Waals surface area contributed by atoms with E-state index in [2.05, 4.69) is 22.8 Å². The summed E-state index contributed by atoms with van der Waals surface area (Å²) in [6.07, 6.45) is 0. The quantitative estimate of drug-likeness (QED) is 0.758. The van der Waals surface area contributed by atoms with Crippen molar-refractivity contribution in [2.75, 3.05) is 11.9 Å². The minimum Gasteiger partial charge on any atom is -0.380 e. The SMILES string of the molecule is CCNc1c(-c2ccccc2)noc1-c1ccsc1. The lowest BCUT2D eigenvalue weighted by Crippen LogP contribution is -1.98. The van der Waals surface area contributed by atoms with Gasteiger partial charge in [0.2, 0.25) is 0 Å². The van der Waals surface area contributed by atoms with E-state index < -0.39 is 0 Å². The number of nitrogens with zero attached hydrogens (tertiary/aromatic N) is 1. The van der Waals surface area contributed by atoms with Crippen LogP contribution in [0.2, 0.25) is 0 Å². The maximum Gasteiger partial charge on any atom is 0.191 e. The molecule has 0 radical (unpaired) electrons. The summed E-state index contributed by atoms with van der Waals surface area (Å²) in [6, 6.07) is 12.1. The van der Waals surface area contributed by atoms with Gasteiger partial charge >= 0.3 is 0 Å². The summed E-state index contributed by atoms with van der Waals surface area (Å²) in [5, 5.41) is 11.7. The highest BCUT2D eigenvalue weighted by Gasteiger charge is 2.18. The molecule has 0 atom stereocenters. The zero-order chi connectivity index (χ0) is 13.1.